The van der Waals surface area contributed by atoms with Crippen LogP contribution in [0.4, 0.5) is 5.13 Å². The number of carbonyl (C=O) groups excluding carboxylic acids is 1. The molecule has 0 aliphatic heterocycles. The Labute approximate surface area is 191 Å². The normalized spacial score (nSPS) is 11.4. The fourth-order valence-corrected chi connectivity index (χ4v) is 4.54. The number of aromatic nitrogens is 4. The van der Waals surface area contributed by atoms with Gasteiger partial charge in [0.25, 0.3) is 15.9 Å². The van der Waals surface area contributed by atoms with Crippen LogP contribution in [-0.4, -0.2) is 34.7 Å². The molecule has 32 heavy (non-hydrogen) atoms. The van der Waals surface area contributed by atoms with Crippen molar-refractivity contribution in [2.75, 3.05) is 5.32 Å². The van der Waals surface area contributed by atoms with Crippen LogP contribution in [0.2, 0.25) is 5.02 Å². The van der Waals surface area contributed by atoms with Crippen molar-refractivity contribution in [1.29, 1.82) is 0 Å². The lowest BCUT2D eigenvalue weighted by molar-refractivity contribution is 0.102. The van der Waals surface area contributed by atoms with E-state index >= 15 is 0 Å². The number of rotatable bonds is 7. The zero-order valence-corrected chi connectivity index (χ0v) is 18.8. The van der Waals surface area contributed by atoms with Crippen molar-refractivity contribution in [2.45, 2.75) is 17.8 Å². The molecule has 0 bridgehead atoms. The highest BCUT2D eigenvalue weighted by Gasteiger charge is 2.22. The predicted molar refractivity (Wildman–Crippen MR) is 118 cm³/mol. The summed E-state index contributed by atoms with van der Waals surface area (Å²) in [4.78, 5) is 16.4. The van der Waals surface area contributed by atoms with E-state index in [1.807, 2.05) is 31.2 Å². The van der Waals surface area contributed by atoms with E-state index in [2.05, 4.69) is 30.4 Å². The average molecular weight is 491 g/mol. The van der Waals surface area contributed by atoms with Crippen LogP contribution in [-0.2, 0) is 16.6 Å². The molecule has 0 atom stereocenters. The second kappa shape index (κ2) is 9.12. The minimum absolute atomic E-state index is 0.0322. The van der Waals surface area contributed by atoms with E-state index in [4.69, 9.17) is 16.1 Å². The Morgan fingerprint density at radius 2 is 1.81 bits per heavy atom. The molecule has 13 heteroatoms. The third-order valence-electron chi connectivity index (χ3n) is 4.15. The number of nitrogens with one attached hydrogen (secondary N) is 2. The molecule has 4 rings (SSSR count). The van der Waals surface area contributed by atoms with Gasteiger partial charge in [0.05, 0.1) is 6.54 Å². The van der Waals surface area contributed by atoms with Gasteiger partial charge in [0, 0.05) is 16.1 Å². The Bertz CT molecular complexity index is 1350. The molecular formula is C19H15ClN6O4S2. The van der Waals surface area contributed by atoms with E-state index in [-0.39, 0.29) is 21.9 Å². The van der Waals surface area contributed by atoms with E-state index in [9.17, 15) is 13.2 Å². The Morgan fingerprint density at radius 1 is 1.09 bits per heavy atom. The van der Waals surface area contributed by atoms with Gasteiger partial charge in [0.2, 0.25) is 21.2 Å². The summed E-state index contributed by atoms with van der Waals surface area (Å²) >= 11 is 6.51. The van der Waals surface area contributed by atoms with Crippen molar-refractivity contribution >= 4 is 44.0 Å². The van der Waals surface area contributed by atoms with E-state index < -0.39 is 15.9 Å². The third kappa shape index (κ3) is 5.16. The first-order valence-corrected chi connectivity index (χ1v) is 11.8. The summed E-state index contributed by atoms with van der Waals surface area (Å²) in [6, 6.07) is 13.7. The summed E-state index contributed by atoms with van der Waals surface area (Å²) in [5, 5.41) is 14.2. The van der Waals surface area contributed by atoms with Crippen molar-refractivity contribution in [3.8, 4) is 11.4 Å². The fraction of sp³-hybridized carbons (Fsp3) is 0.105. The largest absolute Gasteiger partial charge is 0.338 e. The number of anilines is 1. The molecule has 0 saturated carbocycles. The van der Waals surface area contributed by atoms with Gasteiger partial charge in [-0.2, -0.15) is 9.71 Å². The molecule has 2 heterocycles. The Balaban J connectivity index is 1.39. The molecular weight excluding hydrogens is 476 g/mol. The highest BCUT2D eigenvalue weighted by Crippen LogP contribution is 2.21. The average Bonchev–Trinajstić information content (AvgIpc) is 3.44. The van der Waals surface area contributed by atoms with Gasteiger partial charge < -0.3 is 4.52 Å². The minimum Gasteiger partial charge on any atom is -0.338 e. The molecule has 4 aromatic rings. The molecule has 2 aromatic carbocycles. The molecule has 0 radical (unpaired) electrons. The van der Waals surface area contributed by atoms with Crippen LogP contribution in [0.1, 0.15) is 21.8 Å². The maximum Gasteiger partial charge on any atom is 0.270 e. The fourth-order valence-electron chi connectivity index (χ4n) is 2.50. The quantitative estimate of drug-likeness (QED) is 0.376. The molecule has 0 aliphatic carbocycles. The molecule has 2 N–H and O–H groups in total. The van der Waals surface area contributed by atoms with Crippen molar-refractivity contribution in [3.63, 3.8) is 0 Å². The zero-order valence-electron chi connectivity index (χ0n) is 16.4. The zero-order chi connectivity index (χ0) is 22.7. The molecule has 0 spiro atoms. The van der Waals surface area contributed by atoms with Crippen molar-refractivity contribution in [2.24, 2.45) is 0 Å². The Kier molecular flexibility index (Phi) is 6.28. The number of amides is 1. The number of aryl methyl sites for hydroxylation is 1. The Morgan fingerprint density at radius 3 is 2.53 bits per heavy atom. The topological polar surface area (TPSA) is 140 Å². The van der Waals surface area contributed by atoms with Gasteiger partial charge >= 0.3 is 0 Å². The van der Waals surface area contributed by atoms with Crippen molar-refractivity contribution in [1.82, 2.24) is 25.1 Å². The van der Waals surface area contributed by atoms with Gasteiger partial charge in [-0.1, -0.05) is 57.9 Å². The van der Waals surface area contributed by atoms with Gasteiger partial charge in [0.1, 0.15) is 0 Å². The van der Waals surface area contributed by atoms with E-state index in [1.54, 1.807) is 12.1 Å². The van der Waals surface area contributed by atoms with E-state index in [0.29, 0.717) is 27.7 Å². The van der Waals surface area contributed by atoms with Crippen LogP contribution in [0.15, 0.2) is 57.4 Å². The minimum atomic E-state index is -4.01. The third-order valence-corrected chi connectivity index (χ3v) is 7.01. The van der Waals surface area contributed by atoms with Crippen LogP contribution >= 0.6 is 22.9 Å². The van der Waals surface area contributed by atoms with E-state index in [0.717, 1.165) is 11.1 Å². The van der Waals surface area contributed by atoms with Gasteiger partial charge in [-0.25, -0.2) is 8.42 Å². The lowest BCUT2D eigenvalue weighted by Crippen LogP contribution is -2.23. The summed E-state index contributed by atoms with van der Waals surface area (Å²) in [6.07, 6.45) is 0. The second-order valence-electron chi connectivity index (χ2n) is 6.54. The lowest BCUT2D eigenvalue weighted by atomic mass is 10.1. The van der Waals surface area contributed by atoms with Crippen LogP contribution in [0.5, 0.6) is 0 Å². The van der Waals surface area contributed by atoms with Gasteiger partial charge in [-0.3, -0.25) is 10.1 Å². The number of nitrogens with zero attached hydrogens (tertiary/aromatic N) is 4. The first kappa shape index (κ1) is 22.0. The molecule has 10 nitrogen and oxygen atoms in total. The van der Waals surface area contributed by atoms with Crippen LogP contribution in [0.25, 0.3) is 11.4 Å². The first-order valence-electron chi connectivity index (χ1n) is 9.10. The van der Waals surface area contributed by atoms with E-state index in [1.165, 1.54) is 12.1 Å². The number of sulfonamides is 1. The highest BCUT2D eigenvalue weighted by atomic mass is 35.5. The van der Waals surface area contributed by atoms with Crippen LogP contribution < -0.4 is 10.0 Å². The van der Waals surface area contributed by atoms with Crippen LogP contribution in [0, 0.1) is 6.92 Å². The smallest absolute Gasteiger partial charge is 0.270 e. The SMILES string of the molecule is Cc1ccc(-c2noc(CNS(=O)(=O)c3nnc(NC(=O)c4ccc(Cl)cc4)s3)n2)cc1. The molecule has 1 amide bonds. The van der Waals surface area contributed by atoms with Crippen LogP contribution in [0.3, 0.4) is 0 Å². The van der Waals surface area contributed by atoms with Gasteiger partial charge in [-0.05, 0) is 31.2 Å². The molecule has 0 aliphatic rings. The van der Waals surface area contributed by atoms with Gasteiger partial charge in [0.15, 0.2) is 0 Å². The number of carbonyl (C=O) groups is 1. The number of hydrogen-bond donors (Lipinski definition) is 2. The highest BCUT2D eigenvalue weighted by molar-refractivity contribution is 7.91. The van der Waals surface area contributed by atoms with Crippen molar-refractivity contribution < 1.29 is 17.7 Å². The maximum atomic E-state index is 12.5. The lowest BCUT2D eigenvalue weighted by Gasteiger charge is -2.01. The van der Waals surface area contributed by atoms with Crippen molar-refractivity contribution in [3.05, 3.63) is 70.6 Å². The summed E-state index contributed by atoms with van der Waals surface area (Å²) in [6.45, 7) is 1.73. The second-order valence-corrected chi connectivity index (χ2v) is 9.89. The molecule has 0 unspecified atom stereocenters. The molecule has 164 valence electrons. The molecule has 2 aromatic heterocycles. The first-order chi connectivity index (χ1) is 15.3. The number of benzene rings is 2. The summed E-state index contributed by atoms with van der Waals surface area (Å²) < 4.78 is 32.1. The molecule has 0 fully saturated rings. The standard InChI is InChI=1S/C19H15ClN6O4S2/c1-11-2-4-12(5-3-11)16-22-15(30-26-16)10-21-32(28,29)19-25-24-18(31-19)23-17(27)13-6-8-14(20)9-7-13/h2-9,21H,10H2,1H3,(H,23,24,27). The Hall–Kier alpha value is -3.19. The summed E-state index contributed by atoms with van der Waals surface area (Å²) in [7, 11) is -4.01. The molecule has 0 saturated heterocycles. The predicted octanol–water partition coefficient (Wildman–Crippen LogP) is 3.28. The number of hydrogen-bond acceptors (Lipinski definition) is 9. The van der Waals surface area contributed by atoms with Gasteiger partial charge in [-0.15, -0.1) is 10.2 Å². The maximum absolute atomic E-state index is 12.5. The monoisotopic (exact) mass is 490 g/mol. The summed E-state index contributed by atoms with van der Waals surface area (Å²) in [5.74, 6) is -0.0311. The number of halogens is 1. The summed E-state index contributed by atoms with van der Waals surface area (Å²) in [5.41, 5.74) is 2.18.